The van der Waals surface area contributed by atoms with Gasteiger partial charge < -0.3 is 19.5 Å². The van der Waals surface area contributed by atoms with Gasteiger partial charge in [-0.2, -0.15) is 0 Å². The van der Waals surface area contributed by atoms with Crippen molar-refractivity contribution in [3.8, 4) is 5.75 Å². The van der Waals surface area contributed by atoms with E-state index >= 15 is 0 Å². The highest BCUT2D eigenvalue weighted by atomic mass is 32.1. The van der Waals surface area contributed by atoms with Gasteiger partial charge in [0.15, 0.2) is 6.10 Å². The smallest absolute Gasteiger partial charge is 0.348 e. The van der Waals surface area contributed by atoms with Crippen molar-refractivity contribution in [2.45, 2.75) is 66.3 Å². The lowest BCUT2D eigenvalue weighted by Crippen LogP contribution is -2.32. The van der Waals surface area contributed by atoms with Gasteiger partial charge in [0, 0.05) is 0 Å². The van der Waals surface area contributed by atoms with Gasteiger partial charge in [-0.3, -0.25) is 4.79 Å². The van der Waals surface area contributed by atoms with Gasteiger partial charge in [0.1, 0.15) is 15.6 Å². The molecule has 2 rings (SSSR count). The van der Waals surface area contributed by atoms with Crippen LogP contribution in [0.3, 0.4) is 0 Å². The highest BCUT2D eigenvalue weighted by Gasteiger charge is 2.30. The number of nitrogens with one attached hydrogen (secondary N) is 1. The first-order chi connectivity index (χ1) is 14.6. The third kappa shape index (κ3) is 6.55. The van der Waals surface area contributed by atoms with Crippen molar-refractivity contribution in [2.75, 3.05) is 5.32 Å². The van der Waals surface area contributed by atoms with Crippen molar-refractivity contribution < 1.29 is 28.6 Å². The van der Waals surface area contributed by atoms with Crippen molar-refractivity contribution in [1.29, 1.82) is 0 Å². The Hall–Kier alpha value is -2.87. The van der Waals surface area contributed by atoms with Crippen LogP contribution in [0.5, 0.6) is 5.75 Å². The van der Waals surface area contributed by atoms with Crippen LogP contribution in [-0.2, 0) is 14.3 Å². The van der Waals surface area contributed by atoms with Crippen molar-refractivity contribution in [2.24, 2.45) is 0 Å². The Labute approximate surface area is 186 Å². The van der Waals surface area contributed by atoms with Crippen LogP contribution in [0, 0.1) is 6.92 Å². The Kier molecular flexibility index (Phi) is 8.62. The monoisotopic (exact) mass is 447 g/mol. The molecule has 0 bridgehead atoms. The summed E-state index contributed by atoms with van der Waals surface area (Å²) in [7, 11) is 0. The van der Waals surface area contributed by atoms with E-state index in [0.29, 0.717) is 17.7 Å². The molecule has 0 aliphatic carbocycles. The molecular weight excluding hydrogens is 418 g/mol. The molecule has 0 aliphatic rings. The molecule has 1 N–H and O–H groups in total. The average molecular weight is 448 g/mol. The van der Waals surface area contributed by atoms with Crippen LogP contribution < -0.4 is 10.1 Å². The molecule has 0 saturated carbocycles. The Balaban J connectivity index is 2.34. The fraction of sp³-hybridized carbons (Fsp3) is 0.435. The number of para-hydroxylation sites is 1. The number of thiophene rings is 1. The van der Waals surface area contributed by atoms with E-state index in [-0.39, 0.29) is 27.6 Å². The number of esters is 2. The quantitative estimate of drug-likeness (QED) is 0.545. The van der Waals surface area contributed by atoms with Gasteiger partial charge in [-0.05, 0) is 58.7 Å². The number of ether oxygens (including phenoxy) is 3. The number of hydrogen-bond acceptors (Lipinski definition) is 7. The zero-order valence-electron chi connectivity index (χ0n) is 18.7. The first-order valence-corrected chi connectivity index (χ1v) is 11.0. The van der Waals surface area contributed by atoms with Crippen LogP contribution in [0.25, 0.3) is 0 Å². The summed E-state index contributed by atoms with van der Waals surface area (Å²) < 4.78 is 16.4. The van der Waals surface area contributed by atoms with Gasteiger partial charge in [0.2, 0.25) is 0 Å². The van der Waals surface area contributed by atoms with E-state index in [4.69, 9.17) is 14.2 Å². The molecule has 2 aromatic rings. The summed E-state index contributed by atoms with van der Waals surface area (Å²) in [5.74, 6) is -1.02. The van der Waals surface area contributed by atoms with Crippen molar-refractivity contribution in [3.05, 3.63) is 46.3 Å². The maximum Gasteiger partial charge on any atom is 0.348 e. The molecule has 0 unspecified atom stereocenters. The van der Waals surface area contributed by atoms with Crippen LogP contribution in [0.2, 0.25) is 0 Å². The molecule has 168 valence electrons. The predicted molar refractivity (Wildman–Crippen MR) is 120 cm³/mol. The predicted octanol–water partition coefficient (Wildman–Crippen LogP) is 4.98. The lowest BCUT2D eigenvalue weighted by Gasteiger charge is -2.17. The van der Waals surface area contributed by atoms with E-state index < -0.39 is 23.9 Å². The maximum absolute atomic E-state index is 12.9. The van der Waals surface area contributed by atoms with E-state index in [9.17, 15) is 14.4 Å². The lowest BCUT2D eigenvalue weighted by molar-refractivity contribution is -0.122. The summed E-state index contributed by atoms with van der Waals surface area (Å²) in [5, 5.41) is 2.99. The van der Waals surface area contributed by atoms with Crippen LogP contribution in [-0.4, -0.2) is 36.2 Å². The number of hydrogen-bond donors (Lipinski definition) is 1. The minimum Gasteiger partial charge on any atom is -0.481 e. The van der Waals surface area contributed by atoms with Gasteiger partial charge in [0.25, 0.3) is 5.91 Å². The van der Waals surface area contributed by atoms with Gasteiger partial charge in [-0.1, -0.05) is 25.1 Å². The van der Waals surface area contributed by atoms with Gasteiger partial charge in [-0.15, -0.1) is 11.3 Å². The summed E-state index contributed by atoms with van der Waals surface area (Å²) in [4.78, 5) is 38.4. The average Bonchev–Trinajstić information content (AvgIpc) is 3.01. The summed E-state index contributed by atoms with van der Waals surface area (Å²) >= 11 is 0.991. The van der Waals surface area contributed by atoms with E-state index in [2.05, 4.69) is 5.32 Å². The Bertz CT molecular complexity index is 920. The zero-order valence-corrected chi connectivity index (χ0v) is 19.5. The molecule has 0 spiro atoms. The van der Waals surface area contributed by atoms with E-state index in [0.717, 1.165) is 11.3 Å². The van der Waals surface area contributed by atoms with E-state index in [1.54, 1.807) is 46.8 Å². The minimum absolute atomic E-state index is 0.150. The van der Waals surface area contributed by atoms with Crippen molar-refractivity contribution in [1.82, 2.24) is 0 Å². The number of rotatable bonds is 9. The van der Waals surface area contributed by atoms with Crippen LogP contribution in [0.1, 0.15) is 66.6 Å². The Morgan fingerprint density at radius 1 is 0.968 bits per heavy atom. The third-order valence-corrected chi connectivity index (χ3v) is 5.33. The second-order valence-electron chi connectivity index (χ2n) is 7.49. The molecule has 1 heterocycles. The molecule has 7 nitrogen and oxygen atoms in total. The number of carbonyl (C=O) groups is 3. The SMILES string of the molecule is CC[C@@H](Oc1ccccc1)C(=O)Nc1sc(C(=O)OC(C)C)c(C)c1C(=O)OC(C)C. The number of anilines is 1. The van der Waals surface area contributed by atoms with Crippen molar-refractivity contribution in [3.63, 3.8) is 0 Å². The second kappa shape index (κ2) is 10.9. The lowest BCUT2D eigenvalue weighted by atomic mass is 10.1. The molecule has 0 fully saturated rings. The maximum atomic E-state index is 12.9. The fourth-order valence-electron chi connectivity index (χ4n) is 2.76. The number of carbonyl (C=O) groups excluding carboxylic acids is 3. The summed E-state index contributed by atoms with van der Waals surface area (Å²) in [6, 6.07) is 9.00. The second-order valence-corrected chi connectivity index (χ2v) is 8.51. The van der Waals surface area contributed by atoms with Gasteiger partial charge >= 0.3 is 11.9 Å². The summed E-state index contributed by atoms with van der Waals surface area (Å²) in [6.07, 6.45) is -1.03. The Morgan fingerprint density at radius 3 is 2.10 bits per heavy atom. The molecule has 8 heteroatoms. The van der Waals surface area contributed by atoms with Crippen LogP contribution >= 0.6 is 11.3 Å². The number of amides is 1. The third-order valence-electron chi connectivity index (χ3n) is 4.14. The minimum atomic E-state index is -0.773. The first-order valence-electron chi connectivity index (χ1n) is 10.2. The molecule has 1 aromatic carbocycles. The molecule has 0 aliphatic heterocycles. The van der Waals surface area contributed by atoms with Crippen molar-refractivity contribution >= 4 is 34.2 Å². The Morgan fingerprint density at radius 2 is 1.55 bits per heavy atom. The first kappa shape index (κ1) is 24.4. The van der Waals surface area contributed by atoms with Gasteiger partial charge in [-0.25, -0.2) is 9.59 Å². The molecule has 1 amide bonds. The highest BCUT2D eigenvalue weighted by molar-refractivity contribution is 7.18. The molecule has 1 aromatic heterocycles. The molecule has 0 saturated heterocycles. The molecule has 0 radical (unpaired) electrons. The summed E-state index contributed by atoms with van der Waals surface area (Å²) in [5.41, 5.74) is 0.561. The largest absolute Gasteiger partial charge is 0.481 e. The number of benzene rings is 1. The van der Waals surface area contributed by atoms with Gasteiger partial charge in [0.05, 0.1) is 17.8 Å². The molecule has 31 heavy (non-hydrogen) atoms. The summed E-state index contributed by atoms with van der Waals surface area (Å²) in [6.45, 7) is 10.4. The van der Waals surface area contributed by atoms with Crippen LogP contribution in [0.4, 0.5) is 5.00 Å². The topological polar surface area (TPSA) is 90.9 Å². The molecule has 1 atom stereocenters. The zero-order chi connectivity index (χ0) is 23.1. The van der Waals surface area contributed by atoms with E-state index in [1.807, 2.05) is 25.1 Å². The normalized spacial score (nSPS) is 11.9. The van der Waals surface area contributed by atoms with Crippen LogP contribution in [0.15, 0.2) is 30.3 Å². The fourth-order valence-corrected chi connectivity index (χ4v) is 3.84. The standard InChI is InChI=1S/C23H29NO6S/c1-7-17(30-16-11-9-8-10-12-16)20(25)24-21-18(22(26)28-13(2)3)15(6)19(31-21)23(27)29-14(4)5/h8-14,17H,7H2,1-6H3,(H,24,25)/t17-/m1/s1. The molecular formula is C23H29NO6S. The van der Waals surface area contributed by atoms with E-state index in [1.165, 1.54) is 0 Å². The highest BCUT2D eigenvalue weighted by Crippen LogP contribution is 2.35.